The average Bonchev–Trinajstić information content (AvgIpc) is 2.95. The minimum absolute atomic E-state index is 0.00970. The summed E-state index contributed by atoms with van der Waals surface area (Å²) in [6.45, 7) is 5.61. The highest BCUT2D eigenvalue weighted by Crippen LogP contribution is 2.31. The molecular weight excluding hydrogens is 466 g/mol. The number of nitrogens with zero attached hydrogens (tertiary/aromatic N) is 1. The summed E-state index contributed by atoms with van der Waals surface area (Å²) in [6, 6.07) is 18.2. The molecule has 0 aliphatic heterocycles. The number of hydrogen-bond acceptors (Lipinski definition) is 2. The van der Waals surface area contributed by atoms with Crippen LogP contribution in [0.3, 0.4) is 0 Å². The van der Waals surface area contributed by atoms with Crippen LogP contribution in [0, 0.1) is 0 Å². The Labute approximate surface area is 231 Å². The van der Waals surface area contributed by atoms with E-state index in [1.807, 2.05) is 43.3 Å². The van der Waals surface area contributed by atoms with Crippen LogP contribution in [0.2, 0.25) is 0 Å². The Bertz CT molecular complexity index is 1100. The molecule has 3 heteroatoms. The summed E-state index contributed by atoms with van der Waals surface area (Å²) < 4.78 is 8.29. The van der Waals surface area contributed by atoms with Gasteiger partial charge in [-0.05, 0) is 25.5 Å². The highest BCUT2D eigenvalue weighted by molar-refractivity contribution is 5.86. The van der Waals surface area contributed by atoms with Gasteiger partial charge in [-0.1, -0.05) is 146 Å². The maximum absolute atomic E-state index is 13.3. The van der Waals surface area contributed by atoms with E-state index in [-0.39, 0.29) is 5.43 Å². The van der Waals surface area contributed by atoms with Gasteiger partial charge in [0.2, 0.25) is 5.43 Å². The number of ether oxygens (including phenoxy) is 1. The smallest absolute Gasteiger partial charge is 0.231 e. The first-order valence-electron chi connectivity index (χ1n) is 15.6. The van der Waals surface area contributed by atoms with Crippen molar-refractivity contribution >= 4 is 10.9 Å². The molecule has 0 spiro atoms. The highest BCUT2D eigenvalue weighted by Gasteiger charge is 2.19. The zero-order valence-corrected chi connectivity index (χ0v) is 24.2. The second kappa shape index (κ2) is 17.9. The molecule has 0 bridgehead atoms. The van der Waals surface area contributed by atoms with Crippen LogP contribution < -0.4 is 10.2 Å². The number of hydrogen-bond donors (Lipinski definition) is 0. The van der Waals surface area contributed by atoms with Crippen LogP contribution in [0.15, 0.2) is 59.4 Å². The van der Waals surface area contributed by atoms with Crippen molar-refractivity contribution in [2.45, 2.75) is 123 Å². The first-order chi connectivity index (χ1) is 18.8. The van der Waals surface area contributed by atoms with Gasteiger partial charge in [0, 0.05) is 17.5 Å². The zero-order chi connectivity index (χ0) is 26.8. The Morgan fingerprint density at radius 3 is 1.66 bits per heavy atom. The number of para-hydroxylation sites is 1. The molecule has 3 rings (SSSR count). The van der Waals surface area contributed by atoms with Crippen LogP contribution in [0.1, 0.15) is 117 Å². The van der Waals surface area contributed by atoms with Gasteiger partial charge in [-0.2, -0.15) is 0 Å². The van der Waals surface area contributed by atoms with E-state index in [1.54, 1.807) is 0 Å². The predicted molar refractivity (Wildman–Crippen MR) is 164 cm³/mol. The lowest BCUT2D eigenvalue weighted by atomic mass is 10.0. The first-order valence-corrected chi connectivity index (χ1v) is 15.6. The zero-order valence-electron chi connectivity index (χ0n) is 24.2. The van der Waals surface area contributed by atoms with Crippen molar-refractivity contribution in [1.29, 1.82) is 0 Å². The quantitative estimate of drug-likeness (QED) is 0.140. The molecule has 3 aromatic rings. The molecule has 0 unspecified atom stereocenters. The minimum Gasteiger partial charge on any atom is -0.488 e. The van der Waals surface area contributed by atoms with Crippen molar-refractivity contribution in [1.82, 2.24) is 4.57 Å². The van der Waals surface area contributed by atoms with Crippen molar-refractivity contribution in [3.8, 4) is 17.0 Å². The summed E-state index contributed by atoms with van der Waals surface area (Å²) in [7, 11) is 0. The number of fused-ring (bicyclic) bond motifs is 1. The molecule has 0 radical (unpaired) electrons. The molecule has 2 aromatic carbocycles. The predicted octanol–water partition coefficient (Wildman–Crippen LogP) is 10.3. The molecule has 0 aliphatic carbocycles. The second-order valence-electron chi connectivity index (χ2n) is 10.8. The normalized spacial score (nSPS) is 11.3. The Balaban J connectivity index is 1.45. The molecule has 3 nitrogen and oxygen atoms in total. The number of benzene rings is 2. The van der Waals surface area contributed by atoms with Gasteiger partial charge < -0.3 is 9.30 Å². The molecule has 0 amide bonds. The van der Waals surface area contributed by atoms with Gasteiger partial charge in [0.25, 0.3) is 0 Å². The summed E-state index contributed by atoms with van der Waals surface area (Å²) in [5.41, 5.74) is 2.94. The van der Waals surface area contributed by atoms with Crippen LogP contribution in [0.5, 0.6) is 5.75 Å². The lowest BCUT2D eigenvalue weighted by Gasteiger charge is -2.21. The molecule has 0 N–H and O–H groups in total. The lowest BCUT2D eigenvalue weighted by Crippen LogP contribution is -2.17. The van der Waals surface area contributed by atoms with E-state index < -0.39 is 0 Å². The third-order valence-electron chi connectivity index (χ3n) is 7.70. The SMILES string of the molecule is CCCCCCCCCCCCCCCCCCn1c(-c2ccccc2)c(OCC)c(=O)c2ccccc21. The number of pyridine rings is 1. The number of aromatic nitrogens is 1. The Kier molecular flexibility index (Phi) is 14.1. The van der Waals surface area contributed by atoms with Crippen molar-refractivity contribution < 1.29 is 4.74 Å². The summed E-state index contributed by atoms with van der Waals surface area (Å²) in [4.78, 5) is 13.3. The van der Waals surface area contributed by atoms with E-state index in [1.165, 1.54) is 96.3 Å². The lowest BCUT2D eigenvalue weighted by molar-refractivity contribution is 0.336. The fraction of sp³-hybridized carbons (Fsp3) is 0.571. The summed E-state index contributed by atoms with van der Waals surface area (Å²) in [5.74, 6) is 0.480. The van der Waals surface area contributed by atoms with Gasteiger partial charge in [0.15, 0.2) is 5.75 Å². The van der Waals surface area contributed by atoms with Gasteiger partial charge >= 0.3 is 0 Å². The van der Waals surface area contributed by atoms with Crippen LogP contribution in [0.4, 0.5) is 0 Å². The molecule has 1 heterocycles. The number of rotatable bonds is 20. The monoisotopic (exact) mass is 517 g/mol. The molecule has 0 aliphatic rings. The minimum atomic E-state index is -0.00970. The van der Waals surface area contributed by atoms with Gasteiger partial charge in [-0.3, -0.25) is 4.79 Å². The van der Waals surface area contributed by atoms with Gasteiger partial charge in [0.05, 0.1) is 17.8 Å². The number of aryl methyl sites for hydroxylation is 1. The molecule has 0 atom stereocenters. The van der Waals surface area contributed by atoms with Crippen molar-refractivity contribution in [2.75, 3.05) is 6.61 Å². The maximum atomic E-state index is 13.3. The van der Waals surface area contributed by atoms with Crippen molar-refractivity contribution in [3.63, 3.8) is 0 Å². The third-order valence-corrected chi connectivity index (χ3v) is 7.70. The van der Waals surface area contributed by atoms with E-state index >= 15 is 0 Å². The Morgan fingerprint density at radius 1 is 0.605 bits per heavy atom. The fourth-order valence-electron chi connectivity index (χ4n) is 5.59. The topological polar surface area (TPSA) is 31.2 Å². The molecule has 0 fully saturated rings. The van der Waals surface area contributed by atoms with E-state index in [9.17, 15) is 4.79 Å². The number of unbranched alkanes of at least 4 members (excludes halogenated alkanes) is 15. The summed E-state index contributed by atoms with van der Waals surface area (Å²) >= 11 is 0. The molecule has 208 valence electrons. The van der Waals surface area contributed by atoms with Gasteiger partial charge in [0.1, 0.15) is 0 Å². The Morgan fingerprint density at radius 2 is 1.11 bits per heavy atom. The van der Waals surface area contributed by atoms with E-state index in [0.717, 1.165) is 35.1 Å². The Hall–Kier alpha value is -2.55. The molecule has 1 aromatic heterocycles. The standard InChI is InChI=1S/C35H51NO2/c1-3-5-6-7-8-9-10-11-12-13-14-15-16-17-18-24-29-36-32-28-23-22-27-31(32)34(37)35(38-4-2)33(36)30-25-20-19-21-26-30/h19-23,25-28H,3-18,24,29H2,1-2H3. The second-order valence-corrected chi connectivity index (χ2v) is 10.8. The first kappa shape index (κ1) is 30.0. The maximum Gasteiger partial charge on any atom is 0.231 e. The highest BCUT2D eigenvalue weighted by atomic mass is 16.5. The van der Waals surface area contributed by atoms with Crippen LogP contribution in [-0.4, -0.2) is 11.2 Å². The fourth-order valence-corrected chi connectivity index (χ4v) is 5.59. The van der Waals surface area contributed by atoms with Crippen LogP contribution in [-0.2, 0) is 6.54 Å². The van der Waals surface area contributed by atoms with Gasteiger partial charge in [-0.25, -0.2) is 0 Å². The van der Waals surface area contributed by atoms with E-state index in [4.69, 9.17) is 4.74 Å². The van der Waals surface area contributed by atoms with E-state index in [0.29, 0.717) is 12.4 Å². The van der Waals surface area contributed by atoms with Crippen molar-refractivity contribution in [2.24, 2.45) is 0 Å². The molecule has 0 saturated heterocycles. The molecule has 0 saturated carbocycles. The molecular formula is C35H51NO2. The van der Waals surface area contributed by atoms with Gasteiger partial charge in [-0.15, -0.1) is 0 Å². The largest absolute Gasteiger partial charge is 0.488 e. The average molecular weight is 518 g/mol. The van der Waals surface area contributed by atoms with Crippen LogP contribution >= 0.6 is 0 Å². The van der Waals surface area contributed by atoms with Crippen molar-refractivity contribution in [3.05, 3.63) is 64.8 Å². The van der Waals surface area contributed by atoms with E-state index in [2.05, 4.69) is 29.7 Å². The summed E-state index contributed by atoms with van der Waals surface area (Å²) in [5, 5.41) is 0.743. The summed E-state index contributed by atoms with van der Waals surface area (Å²) in [6.07, 6.45) is 21.9. The molecule has 38 heavy (non-hydrogen) atoms. The van der Waals surface area contributed by atoms with Crippen LogP contribution in [0.25, 0.3) is 22.2 Å². The third kappa shape index (κ3) is 9.33.